The van der Waals surface area contributed by atoms with E-state index in [4.69, 9.17) is 9.47 Å². The molecule has 4 atom stereocenters. The maximum atomic E-state index is 10.1. The third-order valence-electron chi connectivity index (χ3n) is 5.86. The van der Waals surface area contributed by atoms with Gasteiger partial charge in [0, 0.05) is 6.42 Å². The summed E-state index contributed by atoms with van der Waals surface area (Å²) in [6.45, 7) is 2.58. The van der Waals surface area contributed by atoms with Crippen LogP contribution in [0, 0.1) is 6.92 Å². The van der Waals surface area contributed by atoms with Crippen LogP contribution in [0.4, 0.5) is 0 Å². The molecule has 1 saturated heterocycles. The zero-order chi connectivity index (χ0) is 19.7. The molecule has 2 aromatic rings. The van der Waals surface area contributed by atoms with Gasteiger partial charge in [-0.05, 0) is 60.1 Å². The number of aliphatic hydroxyl groups excluding tert-OH is 3. The molecule has 0 saturated carbocycles. The minimum atomic E-state index is -1.05. The van der Waals surface area contributed by atoms with Crippen LogP contribution in [0.1, 0.15) is 46.8 Å². The van der Waals surface area contributed by atoms with Crippen LogP contribution in [0.3, 0.4) is 0 Å². The Morgan fingerprint density at radius 3 is 2.79 bits per heavy atom. The molecule has 5 heteroatoms. The smallest absolute Gasteiger partial charge is 0.122 e. The van der Waals surface area contributed by atoms with E-state index >= 15 is 0 Å². The molecule has 2 heterocycles. The van der Waals surface area contributed by atoms with Crippen LogP contribution in [0.25, 0.3) is 0 Å². The Kier molecular flexibility index (Phi) is 5.69. The molecule has 2 aliphatic rings. The summed E-state index contributed by atoms with van der Waals surface area (Å²) in [7, 11) is 0. The van der Waals surface area contributed by atoms with Crippen LogP contribution in [0.15, 0.2) is 36.4 Å². The Morgan fingerprint density at radius 1 is 1.11 bits per heavy atom. The lowest BCUT2D eigenvalue weighted by Gasteiger charge is -2.36. The number of hydrogen-bond acceptors (Lipinski definition) is 5. The van der Waals surface area contributed by atoms with E-state index in [1.54, 1.807) is 0 Å². The van der Waals surface area contributed by atoms with Crippen molar-refractivity contribution < 1.29 is 24.8 Å². The highest BCUT2D eigenvalue weighted by molar-refractivity contribution is 5.42. The molecule has 150 valence electrons. The minimum absolute atomic E-state index is 0.315. The fraction of sp³-hybridized carbons (Fsp3) is 0.478. The van der Waals surface area contributed by atoms with E-state index in [2.05, 4.69) is 37.3 Å². The Balaban J connectivity index is 1.56. The predicted molar refractivity (Wildman–Crippen MR) is 106 cm³/mol. The van der Waals surface area contributed by atoms with Gasteiger partial charge in [-0.1, -0.05) is 30.3 Å². The van der Waals surface area contributed by atoms with Crippen molar-refractivity contribution in [1.29, 1.82) is 0 Å². The summed E-state index contributed by atoms with van der Waals surface area (Å²) in [5.74, 6) is 0.999. The standard InChI is InChI=1S/C23H28O5/c1-14-4-6-17(21-12-19(25)23(26)22(13-24)28-21)11-18(14)10-15-5-7-20-16(9-15)3-2-8-27-20/h4-7,9,11,19,21-26H,2-3,8,10,12-13H2,1H3. The van der Waals surface area contributed by atoms with Crippen molar-refractivity contribution in [2.24, 2.45) is 0 Å². The summed E-state index contributed by atoms with van der Waals surface area (Å²) >= 11 is 0. The molecule has 4 rings (SSSR count). The van der Waals surface area contributed by atoms with Crippen LogP contribution in [-0.2, 0) is 17.6 Å². The molecule has 1 fully saturated rings. The van der Waals surface area contributed by atoms with Crippen LogP contribution in [0.5, 0.6) is 5.75 Å². The molecule has 0 spiro atoms. The minimum Gasteiger partial charge on any atom is -0.493 e. The Bertz CT molecular complexity index is 834. The second-order valence-electron chi connectivity index (χ2n) is 7.90. The van der Waals surface area contributed by atoms with E-state index in [0.717, 1.165) is 37.2 Å². The molecule has 2 aromatic carbocycles. The van der Waals surface area contributed by atoms with Crippen LogP contribution in [0.2, 0.25) is 0 Å². The average molecular weight is 384 g/mol. The summed E-state index contributed by atoms with van der Waals surface area (Å²) in [5.41, 5.74) is 5.90. The highest BCUT2D eigenvalue weighted by atomic mass is 16.5. The fourth-order valence-corrected chi connectivity index (χ4v) is 4.14. The predicted octanol–water partition coefficient (Wildman–Crippen LogP) is 2.45. The first-order chi connectivity index (χ1) is 13.5. The zero-order valence-corrected chi connectivity index (χ0v) is 16.2. The third-order valence-corrected chi connectivity index (χ3v) is 5.86. The highest BCUT2D eigenvalue weighted by Gasteiger charge is 2.37. The van der Waals surface area contributed by atoms with E-state index in [1.807, 2.05) is 6.07 Å². The zero-order valence-electron chi connectivity index (χ0n) is 16.2. The van der Waals surface area contributed by atoms with Gasteiger partial charge in [-0.25, -0.2) is 0 Å². The summed E-state index contributed by atoms with van der Waals surface area (Å²) < 4.78 is 11.6. The lowest BCUT2D eigenvalue weighted by molar-refractivity contribution is -0.181. The first kappa shape index (κ1) is 19.4. The summed E-state index contributed by atoms with van der Waals surface area (Å²) in [6.07, 6.45) is 0.187. The van der Waals surface area contributed by atoms with Gasteiger partial charge in [0.15, 0.2) is 0 Å². The molecule has 28 heavy (non-hydrogen) atoms. The maximum absolute atomic E-state index is 10.1. The van der Waals surface area contributed by atoms with Gasteiger partial charge in [0.1, 0.15) is 18.0 Å². The summed E-state index contributed by atoms with van der Waals surface area (Å²) in [5, 5.41) is 29.5. The first-order valence-electron chi connectivity index (χ1n) is 10.0. The van der Waals surface area contributed by atoms with E-state index in [9.17, 15) is 15.3 Å². The van der Waals surface area contributed by atoms with Crippen LogP contribution >= 0.6 is 0 Å². The number of benzene rings is 2. The lowest BCUT2D eigenvalue weighted by atomic mass is 9.90. The molecule has 0 aliphatic carbocycles. The van der Waals surface area contributed by atoms with Crippen LogP contribution in [-0.4, -0.2) is 46.8 Å². The van der Waals surface area contributed by atoms with Gasteiger partial charge < -0.3 is 24.8 Å². The van der Waals surface area contributed by atoms with Crippen molar-refractivity contribution in [2.45, 2.75) is 57.0 Å². The molecule has 0 bridgehead atoms. The van der Waals surface area contributed by atoms with Crippen molar-refractivity contribution in [3.05, 3.63) is 64.2 Å². The van der Waals surface area contributed by atoms with Crippen molar-refractivity contribution in [3.63, 3.8) is 0 Å². The van der Waals surface area contributed by atoms with E-state index < -0.39 is 18.3 Å². The lowest BCUT2D eigenvalue weighted by Crippen LogP contribution is -2.47. The van der Waals surface area contributed by atoms with E-state index in [1.165, 1.54) is 22.3 Å². The van der Waals surface area contributed by atoms with Gasteiger partial charge in [-0.15, -0.1) is 0 Å². The third kappa shape index (κ3) is 3.94. The molecule has 3 N–H and O–H groups in total. The number of aryl methyl sites for hydroxylation is 2. The summed E-state index contributed by atoms with van der Waals surface area (Å²) in [6, 6.07) is 12.6. The molecular formula is C23H28O5. The van der Waals surface area contributed by atoms with Gasteiger partial charge in [0.25, 0.3) is 0 Å². The van der Waals surface area contributed by atoms with Crippen molar-refractivity contribution in [2.75, 3.05) is 13.2 Å². The largest absolute Gasteiger partial charge is 0.493 e. The molecule has 0 amide bonds. The molecule has 0 aromatic heterocycles. The number of aliphatic hydroxyl groups is 3. The average Bonchev–Trinajstić information content (AvgIpc) is 2.71. The van der Waals surface area contributed by atoms with Crippen molar-refractivity contribution in [3.8, 4) is 5.75 Å². The van der Waals surface area contributed by atoms with Gasteiger partial charge >= 0.3 is 0 Å². The molecule has 2 aliphatic heterocycles. The maximum Gasteiger partial charge on any atom is 0.122 e. The number of fused-ring (bicyclic) bond motifs is 1. The highest BCUT2D eigenvalue weighted by Crippen LogP contribution is 2.33. The quantitative estimate of drug-likeness (QED) is 0.755. The monoisotopic (exact) mass is 384 g/mol. The topological polar surface area (TPSA) is 79.2 Å². The first-order valence-corrected chi connectivity index (χ1v) is 10.0. The van der Waals surface area contributed by atoms with E-state index in [-0.39, 0.29) is 12.7 Å². The SMILES string of the molecule is Cc1ccc(C2CC(O)C(O)C(CO)O2)cc1Cc1ccc2c(c1)CCCO2. The van der Waals surface area contributed by atoms with Gasteiger partial charge in [0.2, 0.25) is 0 Å². The second kappa shape index (κ2) is 8.21. The molecular weight excluding hydrogens is 356 g/mol. The number of ether oxygens (including phenoxy) is 2. The Hall–Kier alpha value is -1.92. The molecule has 0 radical (unpaired) electrons. The second-order valence-corrected chi connectivity index (χ2v) is 7.90. The summed E-state index contributed by atoms with van der Waals surface area (Å²) in [4.78, 5) is 0. The normalized spacial score (nSPS) is 27.1. The van der Waals surface area contributed by atoms with Gasteiger partial charge in [-0.2, -0.15) is 0 Å². The van der Waals surface area contributed by atoms with Crippen LogP contribution < -0.4 is 4.74 Å². The van der Waals surface area contributed by atoms with Gasteiger partial charge in [-0.3, -0.25) is 0 Å². The molecule has 4 unspecified atom stereocenters. The van der Waals surface area contributed by atoms with Crippen molar-refractivity contribution in [1.82, 2.24) is 0 Å². The Labute approximate surface area is 165 Å². The van der Waals surface area contributed by atoms with Gasteiger partial charge in [0.05, 0.1) is 25.4 Å². The van der Waals surface area contributed by atoms with Crippen molar-refractivity contribution >= 4 is 0 Å². The Morgan fingerprint density at radius 2 is 1.96 bits per heavy atom. The number of rotatable bonds is 4. The molecule has 5 nitrogen and oxygen atoms in total. The van der Waals surface area contributed by atoms with E-state index in [0.29, 0.717) is 6.42 Å². The fourth-order valence-electron chi connectivity index (χ4n) is 4.14. The number of hydrogen-bond donors (Lipinski definition) is 3.